The molecule has 1 rings (SSSR count). The summed E-state index contributed by atoms with van der Waals surface area (Å²) in [4.78, 5) is 25.9. The average molecular weight is 310 g/mol. The van der Waals surface area contributed by atoms with Crippen molar-refractivity contribution >= 4 is 11.8 Å². The van der Waals surface area contributed by atoms with Gasteiger partial charge < -0.3 is 15.3 Å². The van der Waals surface area contributed by atoms with E-state index in [2.05, 4.69) is 5.32 Å². The smallest absolute Gasteiger partial charge is 0.242 e. The van der Waals surface area contributed by atoms with Crippen LogP contribution in [0.25, 0.3) is 0 Å². The van der Waals surface area contributed by atoms with Crippen LogP contribution in [0.15, 0.2) is 24.3 Å². The van der Waals surface area contributed by atoms with Crippen molar-refractivity contribution in [3.63, 3.8) is 0 Å². The number of hydrogen-bond acceptors (Lipinski definition) is 3. The lowest BCUT2D eigenvalue weighted by Gasteiger charge is -2.30. The summed E-state index contributed by atoms with van der Waals surface area (Å²) in [5.41, 5.74) is 0.747. The molecule has 2 amide bonds. The van der Waals surface area contributed by atoms with Gasteiger partial charge in [-0.05, 0) is 24.6 Å². The molecule has 6 heteroatoms. The summed E-state index contributed by atoms with van der Waals surface area (Å²) < 4.78 is 13.0. The standard InChI is InChI=1S/C16H23FN2O3/c1-11(2)16(22)19(12(3)15(21)18-8-9-20)10-13-4-6-14(17)7-5-13/h4-7,11-12,20H,8-10H2,1-3H3,(H,18,21). The zero-order chi connectivity index (χ0) is 16.7. The van der Waals surface area contributed by atoms with Gasteiger partial charge in [0.25, 0.3) is 0 Å². The van der Waals surface area contributed by atoms with Crippen LogP contribution in [0.5, 0.6) is 0 Å². The third-order valence-electron chi connectivity index (χ3n) is 3.30. The van der Waals surface area contributed by atoms with Crippen LogP contribution < -0.4 is 5.32 Å². The van der Waals surface area contributed by atoms with Gasteiger partial charge in [0.1, 0.15) is 11.9 Å². The van der Waals surface area contributed by atoms with Crippen LogP contribution in [0.2, 0.25) is 0 Å². The van der Waals surface area contributed by atoms with Gasteiger partial charge in [-0.3, -0.25) is 9.59 Å². The summed E-state index contributed by atoms with van der Waals surface area (Å²) in [6, 6.07) is 5.16. The Morgan fingerprint density at radius 3 is 2.32 bits per heavy atom. The van der Waals surface area contributed by atoms with Crippen LogP contribution >= 0.6 is 0 Å². The topological polar surface area (TPSA) is 69.6 Å². The highest BCUT2D eigenvalue weighted by Crippen LogP contribution is 2.13. The van der Waals surface area contributed by atoms with E-state index < -0.39 is 6.04 Å². The molecule has 0 radical (unpaired) electrons. The Kier molecular flexibility index (Phi) is 6.98. The van der Waals surface area contributed by atoms with Crippen LogP contribution in [-0.2, 0) is 16.1 Å². The van der Waals surface area contributed by atoms with Crippen molar-refractivity contribution in [2.45, 2.75) is 33.4 Å². The fourth-order valence-electron chi connectivity index (χ4n) is 1.99. The molecule has 1 unspecified atom stereocenters. The van der Waals surface area contributed by atoms with Gasteiger partial charge in [0.2, 0.25) is 11.8 Å². The molecule has 0 aliphatic heterocycles. The Morgan fingerprint density at radius 1 is 1.23 bits per heavy atom. The van der Waals surface area contributed by atoms with E-state index in [0.29, 0.717) is 0 Å². The van der Waals surface area contributed by atoms with Crippen molar-refractivity contribution in [1.29, 1.82) is 0 Å². The number of aliphatic hydroxyl groups is 1. The molecule has 0 aliphatic carbocycles. The lowest BCUT2D eigenvalue weighted by atomic mass is 10.1. The first-order valence-corrected chi connectivity index (χ1v) is 7.30. The van der Waals surface area contributed by atoms with Gasteiger partial charge in [-0.1, -0.05) is 26.0 Å². The second-order valence-electron chi connectivity index (χ2n) is 5.44. The minimum atomic E-state index is -0.675. The van der Waals surface area contributed by atoms with Gasteiger partial charge in [0, 0.05) is 19.0 Å². The van der Waals surface area contributed by atoms with Gasteiger partial charge in [-0.25, -0.2) is 4.39 Å². The molecule has 0 aliphatic rings. The minimum absolute atomic E-state index is 0.142. The normalized spacial score (nSPS) is 12.1. The monoisotopic (exact) mass is 310 g/mol. The molecule has 5 nitrogen and oxygen atoms in total. The number of nitrogens with one attached hydrogen (secondary N) is 1. The fraction of sp³-hybridized carbons (Fsp3) is 0.500. The van der Waals surface area contributed by atoms with Crippen molar-refractivity contribution in [3.05, 3.63) is 35.6 Å². The molecule has 1 aromatic carbocycles. The molecule has 22 heavy (non-hydrogen) atoms. The first kappa shape index (κ1) is 18.1. The maximum Gasteiger partial charge on any atom is 0.242 e. The molecular weight excluding hydrogens is 287 g/mol. The van der Waals surface area contributed by atoms with E-state index in [9.17, 15) is 14.0 Å². The second kappa shape index (κ2) is 8.48. The van der Waals surface area contributed by atoms with E-state index >= 15 is 0 Å². The van der Waals surface area contributed by atoms with E-state index in [-0.39, 0.29) is 43.2 Å². The number of benzene rings is 1. The number of aliphatic hydroxyl groups excluding tert-OH is 1. The van der Waals surface area contributed by atoms with E-state index in [0.717, 1.165) is 5.56 Å². The summed E-state index contributed by atoms with van der Waals surface area (Å²) in [6.07, 6.45) is 0. The number of carbonyl (C=O) groups excluding carboxylic acids is 2. The number of halogens is 1. The number of amides is 2. The predicted molar refractivity (Wildman–Crippen MR) is 81.3 cm³/mol. The number of rotatable bonds is 7. The molecule has 0 fully saturated rings. The van der Waals surface area contributed by atoms with Crippen molar-refractivity contribution in [3.8, 4) is 0 Å². The van der Waals surface area contributed by atoms with E-state index in [1.807, 2.05) is 0 Å². The van der Waals surface area contributed by atoms with Gasteiger partial charge in [-0.2, -0.15) is 0 Å². The molecule has 1 aromatic rings. The maximum atomic E-state index is 13.0. The fourth-order valence-corrected chi connectivity index (χ4v) is 1.99. The van der Waals surface area contributed by atoms with Crippen molar-refractivity contribution < 1.29 is 19.1 Å². The van der Waals surface area contributed by atoms with Crippen molar-refractivity contribution in [1.82, 2.24) is 10.2 Å². The van der Waals surface area contributed by atoms with Crippen LogP contribution in [0, 0.1) is 11.7 Å². The van der Waals surface area contributed by atoms with E-state index in [1.54, 1.807) is 32.9 Å². The minimum Gasteiger partial charge on any atom is -0.395 e. The highest BCUT2D eigenvalue weighted by atomic mass is 19.1. The first-order valence-electron chi connectivity index (χ1n) is 7.30. The molecule has 0 bridgehead atoms. The Morgan fingerprint density at radius 2 is 1.82 bits per heavy atom. The molecule has 2 N–H and O–H groups in total. The lowest BCUT2D eigenvalue weighted by molar-refractivity contribution is -0.143. The molecule has 0 saturated carbocycles. The highest BCUT2D eigenvalue weighted by molar-refractivity contribution is 5.88. The molecule has 0 spiro atoms. The molecule has 1 atom stereocenters. The lowest BCUT2D eigenvalue weighted by Crippen LogP contribution is -2.49. The third kappa shape index (κ3) is 5.11. The van der Waals surface area contributed by atoms with Crippen LogP contribution in [0.4, 0.5) is 4.39 Å². The van der Waals surface area contributed by atoms with Crippen LogP contribution in [0.3, 0.4) is 0 Å². The molecular formula is C16H23FN2O3. The zero-order valence-electron chi connectivity index (χ0n) is 13.2. The van der Waals surface area contributed by atoms with E-state index in [1.165, 1.54) is 17.0 Å². The summed E-state index contributed by atoms with van der Waals surface area (Å²) in [5.74, 6) is -1.09. The molecule has 0 aromatic heterocycles. The Bertz CT molecular complexity index is 503. The first-order chi connectivity index (χ1) is 10.4. The van der Waals surface area contributed by atoms with Gasteiger partial charge >= 0.3 is 0 Å². The van der Waals surface area contributed by atoms with Crippen molar-refractivity contribution in [2.75, 3.05) is 13.2 Å². The summed E-state index contributed by atoms with van der Waals surface area (Å²) in [7, 11) is 0. The SMILES string of the molecule is CC(C)C(=O)N(Cc1ccc(F)cc1)C(C)C(=O)NCCO. The Labute approximate surface area is 130 Å². The van der Waals surface area contributed by atoms with Gasteiger partial charge in [-0.15, -0.1) is 0 Å². The largest absolute Gasteiger partial charge is 0.395 e. The number of nitrogens with zero attached hydrogens (tertiary/aromatic N) is 1. The van der Waals surface area contributed by atoms with Crippen molar-refractivity contribution in [2.24, 2.45) is 5.92 Å². The Balaban J connectivity index is 2.90. The van der Waals surface area contributed by atoms with Gasteiger partial charge in [0.15, 0.2) is 0 Å². The summed E-state index contributed by atoms with van der Waals surface area (Å²) in [6.45, 7) is 5.37. The summed E-state index contributed by atoms with van der Waals surface area (Å²) in [5, 5.41) is 11.3. The molecule has 122 valence electrons. The second-order valence-corrected chi connectivity index (χ2v) is 5.44. The Hall–Kier alpha value is -1.95. The predicted octanol–water partition coefficient (Wildman–Crippen LogP) is 1.31. The molecule has 0 heterocycles. The average Bonchev–Trinajstić information content (AvgIpc) is 2.50. The van der Waals surface area contributed by atoms with E-state index in [4.69, 9.17) is 5.11 Å². The number of carbonyl (C=O) groups is 2. The number of hydrogen-bond donors (Lipinski definition) is 2. The summed E-state index contributed by atoms with van der Waals surface area (Å²) >= 11 is 0. The third-order valence-corrected chi connectivity index (χ3v) is 3.30. The highest BCUT2D eigenvalue weighted by Gasteiger charge is 2.27. The quantitative estimate of drug-likeness (QED) is 0.798. The van der Waals surface area contributed by atoms with Crippen LogP contribution in [0.1, 0.15) is 26.3 Å². The maximum absolute atomic E-state index is 13.0. The van der Waals surface area contributed by atoms with Crippen LogP contribution in [-0.4, -0.2) is 41.0 Å². The molecule has 0 saturated heterocycles. The van der Waals surface area contributed by atoms with Gasteiger partial charge in [0.05, 0.1) is 6.61 Å². The zero-order valence-corrected chi connectivity index (χ0v) is 13.2.